The van der Waals surface area contributed by atoms with Gasteiger partial charge in [-0.1, -0.05) is 18.2 Å². The van der Waals surface area contributed by atoms with E-state index >= 15 is 0 Å². The third kappa shape index (κ3) is 5.45. The van der Waals surface area contributed by atoms with Crippen molar-refractivity contribution in [1.29, 1.82) is 0 Å². The summed E-state index contributed by atoms with van der Waals surface area (Å²) in [5, 5.41) is 9.14. The summed E-state index contributed by atoms with van der Waals surface area (Å²) in [6.07, 6.45) is 4.27. The smallest absolute Gasteiger partial charge is 0.118 e. The van der Waals surface area contributed by atoms with Crippen molar-refractivity contribution in [3.63, 3.8) is 0 Å². The SMILES string of the molecule is C=CCC[C@@](C)(CCO)OCc1ccc(OC)cc1. The molecule has 1 atom stereocenters. The maximum atomic E-state index is 9.14. The second-order valence-electron chi connectivity index (χ2n) is 4.89. The van der Waals surface area contributed by atoms with Crippen molar-refractivity contribution in [3.8, 4) is 5.75 Å². The molecule has 0 aliphatic heterocycles. The van der Waals surface area contributed by atoms with Gasteiger partial charge in [-0.15, -0.1) is 6.58 Å². The Labute approximate surface area is 115 Å². The van der Waals surface area contributed by atoms with Crippen molar-refractivity contribution >= 4 is 0 Å². The maximum Gasteiger partial charge on any atom is 0.118 e. The Morgan fingerprint density at radius 1 is 1.26 bits per heavy atom. The molecular weight excluding hydrogens is 240 g/mol. The van der Waals surface area contributed by atoms with Crippen LogP contribution in [0.1, 0.15) is 31.7 Å². The Bertz CT molecular complexity index is 372. The number of hydrogen-bond donors (Lipinski definition) is 1. The van der Waals surface area contributed by atoms with Crippen LogP contribution in [-0.4, -0.2) is 24.4 Å². The lowest BCUT2D eigenvalue weighted by Crippen LogP contribution is -2.29. The van der Waals surface area contributed by atoms with Gasteiger partial charge in [0.15, 0.2) is 0 Å². The van der Waals surface area contributed by atoms with Gasteiger partial charge in [0, 0.05) is 6.61 Å². The van der Waals surface area contributed by atoms with E-state index in [0.29, 0.717) is 13.0 Å². The van der Waals surface area contributed by atoms with Crippen LogP contribution in [0, 0.1) is 0 Å². The molecule has 0 fully saturated rings. The number of aliphatic hydroxyl groups is 1. The minimum atomic E-state index is -0.303. The average molecular weight is 264 g/mol. The molecule has 19 heavy (non-hydrogen) atoms. The monoisotopic (exact) mass is 264 g/mol. The zero-order chi connectivity index (χ0) is 14.1. The van der Waals surface area contributed by atoms with E-state index in [4.69, 9.17) is 14.6 Å². The fourth-order valence-corrected chi connectivity index (χ4v) is 1.89. The lowest BCUT2D eigenvalue weighted by Gasteiger charge is -2.29. The number of allylic oxidation sites excluding steroid dienone is 1. The van der Waals surface area contributed by atoms with Gasteiger partial charge in [0.1, 0.15) is 5.75 Å². The summed E-state index contributed by atoms with van der Waals surface area (Å²) in [7, 11) is 1.65. The highest BCUT2D eigenvalue weighted by molar-refractivity contribution is 5.26. The highest BCUT2D eigenvalue weighted by atomic mass is 16.5. The number of aliphatic hydroxyl groups excluding tert-OH is 1. The summed E-state index contributed by atoms with van der Waals surface area (Å²) in [6, 6.07) is 7.83. The highest BCUT2D eigenvalue weighted by Gasteiger charge is 2.23. The van der Waals surface area contributed by atoms with E-state index in [1.54, 1.807) is 7.11 Å². The lowest BCUT2D eigenvalue weighted by atomic mass is 9.96. The Kier molecular flexibility index (Phi) is 6.60. The number of methoxy groups -OCH3 is 1. The first kappa shape index (κ1) is 15.7. The summed E-state index contributed by atoms with van der Waals surface area (Å²) < 4.78 is 11.1. The topological polar surface area (TPSA) is 38.7 Å². The molecule has 0 saturated carbocycles. The molecule has 3 nitrogen and oxygen atoms in total. The summed E-state index contributed by atoms with van der Waals surface area (Å²) >= 11 is 0. The summed E-state index contributed by atoms with van der Waals surface area (Å²) in [5.41, 5.74) is 0.798. The zero-order valence-corrected chi connectivity index (χ0v) is 11.9. The van der Waals surface area contributed by atoms with E-state index in [0.717, 1.165) is 24.2 Å². The molecule has 0 heterocycles. The van der Waals surface area contributed by atoms with E-state index in [2.05, 4.69) is 6.58 Å². The molecule has 0 radical (unpaired) electrons. The predicted molar refractivity (Wildman–Crippen MR) is 77.3 cm³/mol. The van der Waals surface area contributed by atoms with E-state index in [-0.39, 0.29) is 12.2 Å². The standard InChI is InChI=1S/C16H24O3/c1-4-5-10-16(2,11-12-17)19-13-14-6-8-15(18-3)9-7-14/h4,6-9,17H,1,5,10-13H2,2-3H3/t16-/m0/s1. The molecule has 0 saturated heterocycles. The van der Waals surface area contributed by atoms with Gasteiger partial charge >= 0.3 is 0 Å². The molecule has 1 rings (SSSR count). The van der Waals surface area contributed by atoms with Crippen LogP contribution < -0.4 is 4.74 Å². The van der Waals surface area contributed by atoms with Crippen LogP contribution in [0.3, 0.4) is 0 Å². The van der Waals surface area contributed by atoms with Crippen molar-refractivity contribution in [2.75, 3.05) is 13.7 Å². The van der Waals surface area contributed by atoms with Crippen LogP contribution in [0.25, 0.3) is 0 Å². The van der Waals surface area contributed by atoms with E-state index in [1.807, 2.05) is 37.3 Å². The number of benzene rings is 1. The van der Waals surface area contributed by atoms with Crippen LogP contribution in [0.4, 0.5) is 0 Å². The first-order valence-corrected chi connectivity index (χ1v) is 6.62. The molecule has 0 aromatic heterocycles. The molecule has 106 valence electrons. The van der Waals surface area contributed by atoms with Crippen molar-refractivity contribution in [1.82, 2.24) is 0 Å². The number of rotatable bonds is 9. The maximum absolute atomic E-state index is 9.14. The molecular formula is C16H24O3. The predicted octanol–water partition coefficient (Wildman–Crippen LogP) is 3.32. The summed E-state index contributed by atoms with van der Waals surface area (Å²) in [4.78, 5) is 0. The van der Waals surface area contributed by atoms with Gasteiger partial charge in [0.05, 0.1) is 19.3 Å². The highest BCUT2D eigenvalue weighted by Crippen LogP contribution is 2.24. The summed E-state index contributed by atoms with van der Waals surface area (Å²) in [5.74, 6) is 0.841. The normalized spacial score (nSPS) is 13.8. The quantitative estimate of drug-likeness (QED) is 0.695. The van der Waals surface area contributed by atoms with Crippen LogP contribution in [0.5, 0.6) is 5.75 Å². The molecule has 1 N–H and O–H groups in total. The molecule has 0 aliphatic rings. The lowest BCUT2D eigenvalue weighted by molar-refractivity contribution is -0.0619. The van der Waals surface area contributed by atoms with Gasteiger partial charge in [0.2, 0.25) is 0 Å². The second kappa shape index (κ2) is 7.97. The average Bonchev–Trinajstić information content (AvgIpc) is 2.44. The third-order valence-electron chi connectivity index (χ3n) is 3.26. The third-order valence-corrected chi connectivity index (χ3v) is 3.26. The number of hydrogen-bond acceptors (Lipinski definition) is 3. The van der Waals surface area contributed by atoms with E-state index < -0.39 is 0 Å². The largest absolute Gasteiger partial charge is 0.497 e. The molecule has 1 aromatic rings. The first-order valence-electron chi connectivity index (χ1n) is 6.62. The molecule has 0 bridgehead atoms. The Morgan fingerprint density at radius 2 is 1.95 bits per heavy atom. The minimum Gasteiger partial charge on any atom is -0.497 e. The molecule has 3 heteroatoms. The Hall–Kier alpha value is -1.32. The van der Waals surface area contributed by atoms with Crippen molar-refractivity contribution in [2.24, 2.45) is 0 Å². The zero-order valence-electron chi connectivity index (χ0n) is 11.9. The van der Waals surface area contributed by atoms with Gasteiger partial charge in [-0.25, -0.2) is 0 Å². The Morgan fingerprint density at radius 3 is 2.47 bits per heavy atom. The Balaban J connectivity index is 2.56. The fraction of sp³-hybridized carbons (Fsp3) is 0.500. The molecule has 0 aliphatic carbocycles. The van der Waals surface area contributed by atoms with E-state index in [1.165, 1.54) is 0 Å². The van der Waals surface area contributed by atoms with E-state index in [9.17, 15) is 0 Å². The summed E-state index contributed by atoms with van der Waals surface area (Å²) in [6.45, 7) is 6.44. The van der Waals surface area contributed by atoms with Gasteiger partial charge in [-0.3, -0.25) is 0 Å². The number of ether oxygens (including phenoxy) is 2. The molecule has 0 unspecified atom stereocenters. The van der Waals surface area contributed by atoms with Crippen molar-refractivity contribution < 1.29 is 14.6 Å². The molecule has 0 amide bonds. The van der Waals surface area contributed by atoms with Gasteiger partial charge in [-0.05, 0) is 43.9 Å². The first-order chi connectivity index (χ1) is 9.13. The minimum absolute atomic E-state index is 0.135. The van der Waals surface area contributed by atoms with Gasteiger partial charge < -0.3 is 14.6 Å². The fourth-order valence-electron chi connectivity index (χ4n) is 1.89. The molecule has 0 spiro atoms. The van der Waals surface area contributed by atoms with Gasteiger partial charge in [0.25, 0.3) is 0 Å². The molecule has 1 aromatic carbocycles. The van der Waals surface area contributed by atoms with Crippen LogP contribution in [0.2, 0.25) is 0 Å². The van der Waals surface area contributed by atoms with Crippen LogP contribution in [0.15, 0.2) is 36.9 Å². The van der Waals surface area contributed by atoms with Gasteiger partial charge in [-0.2, -0.15) is 0 Å². The second-order valence-corrected chi connectivity index (χ2v) is 4.89. The van der Waals surface area contributed by atoms with Crippen LogP contribution >= 0.6 is 0 Å². The van der Waals surface area contributed by atoms with Crippen LogP contribution in [-0.2, 0) is 11.3 Å². The van der Waals surface area contributed by atoms with Crippen molar-refractivity contribution in [2.45, 2.75) is 38.4 Å². The van der Waals surface area contributed by atoms with Crippen molar-refractivity contribution in [3.05, 3.63) is 42.5 Å².